The van der Waals surface area contributed by atoms with Gasteiger partial charge in [-0.2, -0.15) is 5.26 Å². The second kappa shape index (κ2) is 10.6. The second-order valence-corrected chi connectivity index (χ2v) is 16.0. The number of hydrogen-bond donors (Lipinski definition) is 0. The molecule has 0 spiro atoms. The Morgan fingerprint density at radius 1 is 1.18 bits per heavy atom. The highest BCUT2D eigenvalue weighted by Crippen LogP contribution is 2.23. The number of nitriles is 1. The Kier molecular flexibility index (Phi) is 7.56. The van der Waals surface area contributed by atoms with E-state index in [2.05, 4.69) is 40.6 Å². The molecular weight excluding hydrogens is 442 g/mol. The molecule has 1 aliphatic rings. The Bertz CT molecular complexity index is 1170. The lowest BCUT2D eigenvalue weighted by atomic mass is 9.91. The predicted octanol–water partition coefficient (Wildman–Crippen LogP) is 4.71. The molecule has 7 nitrogen and oxygen atoms in total. The first-order valence-corrected chi connectivity index (χ1v) is 15.7. The van der Waals surface area contributed by atoms with Crippen LogP contribution in [-0.2, 0) is 18.0 Å². The Morgan fingerprint density at radius 2 is 1.91 bits per heavy atom. The zero-order chi connectivity index (χ0) is 24.1. The first-order chi connectivity index (χ1) is 16.3. The van der Waals surface area contributed by atoms with Gasteiger partial charge in [0.05, 0.1) is 11.6 Å². The molecule has 8 heteroatoms. The van der Waals surface area contributed by atoms with Gasteiger partial charge >= 0.3 is 0 Å². The Labute approximate surface area is 202 Å². The molecule has 0 N–H and O–H groups in total. The number of ketones is 1. The van der Waals surface area contributed by atoms with Gasteiger partial charge in [-0.1, -0.05) is 31.8 Å². The summed E-state index contributed by atoms with van der Waals surface area (Å²) in [5, 5.41) is 9.87. The number of likely N-dealkylation sites (tertiary alicyclic amines) is 1. The van der Waals surface area contributed by atoms with Crippen molar-refractivity contribution < 1.29 is 9.53 Å². The molecule has 178 valence electrons. The van der Waals surface area contributed by atoms with Gasteiger partial charge < -0.3 is 9.30 Å². The quantitative estimate of drug-likeness (QED) is 0.253. The SMILES string of the molecule is C[Si](C)(C)CCOCn1ccc2cnc(C(=O)C3CCN(Cc4ccc(C#N)cc4)CC3)nc21. The van der Waals surface area contributed by atoms with Gasteiger partial charge in [0.1, 0.15) is 12.4 Å². The average Bonchev–Trinajstić information content (AvgIpc) is 3.24. The highest BCUT2D eigenvalue weighted by molar-refractivity contribution is 6.76. The van der Waals surface area contributed by atoms with E-state index in [0.29, 0.717) is 18.1 Å². The smallest absolute Gasteiger partial charge is 0.203 e. The van der Waals surface area contributed by atoms with Gasteiger partial charge in [-0.05, 0) is 55.7 Å². The van der Waals surface area contributed by atoms with Crippen LogP contribution in [0.5, 0.6) is 0 Å². The second-order valence-electron chi connectivity index (χ2n) is 10.3. The van der Waals surface area contributed by atoms with Crippen molar-refractivity contribution in [2.45, 2.75) is 51.8 Å². The fourth-order valence-corrected chi connectivity index (χ4v) is 4.97. The van der Waals surface area contributed by atoms with Crippen LogP contribution >= 0.6 is 0 Å². The number of piperidine rings is 1. The molecule has 0 amide bonds. The lowest BCUT2D eigenvalue weighted by molar-refractivity contribution is 0.0822. The molecule has 4 rings (SSSR count). The van der Waals surface area contributed by atoms with Crippen molar-refractivity contribution in [3.8, 4) is 6.07 Å². The minimum absolute atomic E-state index is 0.0346. The van der Waals surface area contributed by atoms with Crippen LogP contribution in [0.2, 0.25) is 25.7 Å². The molecule has 1 aliphatic heterocycles. The highest BCUT2D eigenvalue weighted by atomic mass is 28.3. The number of hydrogen-bond acceptors (Lipinski definition) is 6. The van der Waals surface area contributed by atoms with Crippen molar-refractivity contribution in [2.75, 3.05) is 19.7 Å². The monoisotopic (exact) mass is 475 g/mol. The average molecular weight is 476 g/mol. The van der Waals surface area contributed by atoms with Gasteiger partial charge in [0.2, 0.25) is 5.78 Å². The number of ether oxygens (including phenoxy) is 1. The van der Waals surface area contributed by atoms with Crippen LogP contribution in [0.15, 0.2) is 42.7 Å². The van der Waals surface area contributed by atoms with Gasteiger partial charge in [0.15, 0.2) is 5.82 Å². The zero-order valence-electron chi connectivity index (χ0n) is 20.3. The van der Waals surface area contributed by atoms with E-state index in [1.165, 1.54) is 5.56 Å². The zero-order valence-corrected chi connectivity index (χ0v) is 21.3. The largest absolute Gasteiger partial charge is 0.361 e. The van der Waals surface area contributed by atoms with Gasteiger partial charge in [0.25, 0.3) is 0 Å². The molecule has 3 aromatic rings. The number of nitrogens with zero attached hydrogens (tertiary/aromatic N) is 5. The van der Waals surface area contributed by atoms with Gasteiger partial charge in [0, 0.05) is 44.9 Å². The Morgan fingerprint density at radius 3 is 2.59 bits per heavy atom. The molecule has 1 aromatic carbocycles. The number of benzene rings is 1. The van der Waals surface area contributed by atoms with E-state index in [4.69, 9.17) is 10.00 Å². The van der Waals surface area contributed by atoms with Crippen LogP contribution < -0.4 is 0 Å². The topological polar surface area (TPSA) is 84.0 Å². The van der Waals surface area contributed by atoms with E-state index in [1.54, 1.807) is 6.20 Å². The van der Waals surface area contributed by atoms with E-state index in [9.17, 15) is 4.79 Å². The molecular formula is C26H33N5O2Si. The Balaban J connectivity index is 1.34. The molecule has 0 bridgehead atoms. The van der Waals surface area contributed by atoms with Gasteiger partial charge in [-0.15, -0.1) is 0 Å². The fraction of sp³-hybridized carbons (Fsp3) is 0.462. The number of carbonyl (C=O) groups is 1. The van der Waals surface area contributed by atoms with Crippen molar-refractivity contribution in [2.24, 2.45) is 5.92 Å². The highest BCUT2D eigenvalue weighted by Gasteiger charge is 2.28. The number of Topliss-reactive ketones (excluding diaryl/α,β-unsaturated/α-hetero) is 1. The maximum atomic E-state index is 13.2. The summed E-state index contributed by atoms with van der Waals surface area (Å²) in [6, 6.07) is 12.9. The van der Waals surface area contributed by atoms with E-state index >= 15 is 0 Å². The van der Waals surface area contributed by atoms with Crippen molar-refractivity contribution in [1.29, 1.82) is 5.26 Å². The first-order valence-electron chi connectivity index (χ1n) is 12.0. The van der Waals surface area contributed by atoms with Crippen LogP contribution in [0.25, 0.3) is 11.0 Å². The minimum Gasteiger partial charge on any atom is -0.361 e. The third-order valence-corrected chi connectivity index (χ3v) is 8.10. The first kappa shape index (κ1) is 24.3. The van der Waals surface area contributed by atoms with Crippen LogP contribution in [0.4, 0.5) is 0 Å². The lowest BCUT2D eigenvalue weighted by Crippen LogP contribution is -2.36. The van der Waals surface area contributed by atoms with Crippen LogP contribution in [0.1, 0.15) is 34.6 Å². The van der Waals surface area contributed by atoms with Crippen molar-refractivity contribution >= 4 is 24.9 Å². The predicted molar refractivity (Wildman–Crippen MR) is 135 cm³/mol. The molecule has 0 saturated carbocycles. The van der Waals surface area contributed by atoms with Gasteiger partial charge in [-0.25, -0.2) is 9.97 Å². The molecule has 1 fully saturated rings. The summed E-state index contributed by atoms with van der Waals surface area (Å²) in [5.41, 5.74) is 2.62. The molecule has 0 unspecified atom stereocenters. The summed E-state index contributed by atoms with van der Waals surface area (Å²) < 4.78 is 7.84. The molecule has 3 heterocycles. The minimum atomic E-state index is -1.13. The van der Waals surface area contributed by atoms with E-state index in [-0.39, 0.29) is 11.7 Å². The molecule has 34 heavy (non-hydrogen) atoms. The van der Waals surface area contributed by atoms with Crippen LogP contribution in [-0.4, -0.2) is 53.0 Å². The van der Waals surface area contributed by atoms with E-state index in [1.807, 2.05) is 41.1 Å². The fourth-order valence-electron chi connectivity index (χ4n) is 4.21. The summed E-state index contributed by atoms with van der Waals surface area (Å²) >= 11 is 0. The van der Waals surface area contributed by atoms with Gasteiger partial charge in [-0.3, -0.25) is 9.69 Å². The number of carbonyl (C=O) groups excluding carboxylic acids is 1. The summed E-state index contributed by atoms with van der Waals surface area (Å²) in [7, 11) is -1.13. The van der Waals surface area contributed by atoms with E-state index in [0.717, 1.165) is 56.2 Å². The van der Waals surface area contributed by atoms with Crippen molar-refractivity contribution in [3.05, 3.63) is 59.7 Å². The number of fused-ring (bicyclic) bond motifs is 1. The summed E-state index contributed by atoms with van der Waals surface area (Å²) in [6.07, 6.45) is 5.30. The maximum Gasteiger partial charge on any atom is 0.203 e. The lowest BCUT2D eigenvalue weighted by Gasteiger charge is -2.31. The van der Waals surface area contributed by atoms with Crippen LogP contribution in [0.3, 0.4) is 0 Å². The van der Waals surface area contributed by atoms with Crippen LogP contribution in [0, 0.1) is 17.2 Å². The van der Waals surface area contributed by atoms with Crippen molar-refractivity contribution in [1.82, 2.24) is 19.4 Å². The maximum absolute atomic E-state index is 13.2. The third kappa shape index (κ3) is 6.17. The summed E-state index contributed by atoms with van der Waals surface area (Å²) in [5.74, 6) is 0.290. The Hall–Kier alpha value is -2.86. The third-order valence-electron chi connectivity index (χ3n) is 6.40. The van der Waals surface area contributed by atoms with Crippen molar-refractivity contribution in [3.63, 3.8) is 0 Å². The molecule has 0 atom stereocenters. The van der Waals surface area contributed by atoms with E-state index < -0.39 is 8.07 Å². The summed E-state index contributed by atoms with van der Waals surface area (Å²) in [4.78, 5) is 24.5. The summed E-state index contributed by atoms with van der Waals surface area (Å²) in [6.45, 7) is 10.7. The normalized spacial score (nSPS) is 15.5. The standard InChI is InChI=1S/C26H33N5O2Si/c1-34(2,3)15-14-33-19-31-13-10-23-17-28-25(29-26(23)31)24(32)22-8-11-30(12-9-22)18-21-6-4-20(16-27)5-7-21/h4-7,10,13,17,22H,8-9,11-12,14-15,18-19H2,1-3H3. The molecule has 2 aromatic heterocycles. The molecule has 1 saturated heterocycles. The molecule has 0 aliphatic carbocycles. The molecule has 0 radical (unpaired) electrons. The number of rotatable bonds is 9. The number of aromatic nitrogens is 3.